The monoisotopic (exact) mass is 282 g/mol. The third-order valence-electron chi connectivity index (χ3n) is 4.57. The lowest BCUT2D eigenvalue weighted by molar-refractivity contribution is 0.0464. The van der Waals surface area contributed by atoms with Gasteiger partial charge in [0.1, 0.15) is 5.60 Å². The number of carbonyl (C=O) groups is 1. The number of carbonyl (C=O) groups excluding carboxylic acids is 1. The number of hydrogen-bond acceptors (Lipinski definition) is 3. The topological polar surface area (TPSA) is 50.4 Å². The van der Waals surface area contributed by atoms with Crippen molar-refractivity contribution >= 4 is 6.09 Å². The fourth-order valence-corrected chi connectivity index (χ4v) is 3.22. The largest absolute Gasteiger partial charge is 0.444 e. The van der Waals surface area contributed by atoms with Crippen molar-refractivity contribution in [3.8, 4) is 0 Å². The molecule has 2 aliphatic carbocycles. The van der Waals surface area contributed by atoms with Gasteiger partial charge in [0, 0.05) is 12.1 Å². The minimum Gasteiger partial charge on any atom is -0.444 e. The minimum atomic E-state index is -0.413. The molecule has 0 heterocycles. The van der Waals surface area contributed by atoms with Crippen molar-refractivity contribution < 1.29 is 9.53 Å². The Kier molecular flexibility index (Phi) is 4.95. The van der Waals surface area contributed by atoms with Gasteiger partial charge in [-0.15, -0.1) is 0 Å². The number of alkyl carbamates (subject to hydrolysis) is 1. The molecule has 20 heavy (non-hydrogen) atoms. The van der Waals surface area contributed by atoms with E-state index in [4.69, 9.17) is 4.74 Å². The average molecular weight is 282 g/mol. The van der Waals surface area contributed by atoms with Gasteiger partial charge in [-0.25, -0.2) is 4.79 Å². The van der Waals surface area contributed by atoms with Crippen LogP contribution in [0, 0.1) is 11.8 Å². The maximum atomic E-state index is 11.6. The van der Waals surface area contributed by atoms with Crippen molar-refractivity contribution in [1.29, 1.82) is 0 Å². The first kappa shape index (κ1) is 15.6. The molecule has 0 aromatic carbocycles. The first-order valence-corrected chi connectivity index (χ1v) is 8.06. The first-order chi connectivity index (χ1) is 9.33. The summed E-state index contributed by atoms with van der Waals surface area (Å²) in [5.41, 5.74) is -0.413. The zero-order valence-corrected chi connectivity index (χ0v) is 13.4. The Hall–Kier alpha value is -0.770. The second-order valence-corrected chi connectivity index (χ2v) is 7.59. The van der Waals surface area contributed by atoms with E-state index in [1.165, 1.54) is 19.3 Å². The van der Waals surface area contributed by atoms with Gasteiger partial charge in [0.15, 0.2) is 0 Å². The smallest absolute Gasteiger partial charge is 0.407 e. The maximum Gasteiger partial charge on any atom is 0.407 e. The fraction of sp³-hybridized carbons (Fsp3) is 0.938. The van der Waals surface area contributed by atoms with E-state index in [9.17, 15) is 4.79 Å². The molecule has 0 saturated heterocycles. The Morgan fingerprint density at radius 3 is 2.45 bits per heavy atom. The molecule has 2 saturated carbocycles. The molecule has 2 aliphatic rings. The summed E-state index contributed by atoms with van der Waals surface area (Å²) < 4.78 is 5.26. The number of ether oxygens (including phenoxy) is 1. The summed E-state index contributed by atoms with van der Waals surface area (Å²) in [5.74, 6) is 1.73. The fourth-order valence-electron chi connectivity index (χ4n) is 3.22. The molecule has 0 spiro atoms. The van der Waals surface area contributed by atoms with E-state index in [1.54, 1.807) is 0 Å². The van der Waals surface area contributed by atoms with Gasteiger partial charge in [0.25, 0.3) is 0 Å². The zero-order valence-electron chi connectivity index (χ0n) is 13.4. The van der Waals surface area contributed by atoms with Gasteiger partial charge in [0.2, 0.25) is 0 Å². The minimum absolute atomic E-state index is 0.281. The third kappa shape index (κ3) is 4.65. The van der Waals surface area contributed by atoms with Crippen LogP contribution in [0.2, 0.25) is 0 Å². The number of amides is 1. The molecule has 2 N–H and O–H groups in total. The summed E-state index contributed by atoms with van der Waals surface area (Å²) in [6, 6.07) is 0.853. The predicted octanol–water partition coefficient (Wildman–Crippen LogP) is 3.07. The molecule has 0 bridgehead atoms. The van der Waals surface area contributed by atoms with E-state index >= 15 is 0 Å². The summed E-state index contributed by atoms with van der Waals surface area (Å²) in [6.07, 6.45) is 5.92. The molecule has 2 unspecified atom stereocenters. The van der Waals surface area contributed by atoms with E-state index in [0.717, 1.165) is 31.2 Å². The quantitative estimate of drug-likeness (QED) is 0.833. The van der Waals surface area contributed by atoms with Gasteiger partial charge in [-0.1, -0.05) is 19.8 Å². The van der Waals surface area contributed by atoms with Gasteiger partial charge >= 0.3 is 6.09 Å². The van der Waals surface area contributed by atoms with Gasteiger partial charge in [-0.3, -0.25) is 0 Å². The molecular formula is C16H30N2O2. The molecule has 4 nitrogen and oxygen atoms in total. The lowest BCUT2D eigenvalue weighted by Crippen LogP contribution is -2.53. The molecule has 2 rings (SSSR count). The molecule has 116 valence electrons. The Morgan fingerprint density at radius 1 is 1.20 bits per heavy atom. The lowest BCUT2D eigenvalue weighted by atomic mass is 9.86. The van der Waals surface area contributed by atoms with Crippen LogP contribution in [-0.2, 0) is 4.74 Å². The van der Waals surface area contributed by atoms with E-state index in [2.05, 4.69) is 17.6 Å². The standard InChI is InChI=1S/C16H30N2O2/c1-11-6-5-7-12(11)10-17-13-8-14(9-13)18-15(19)20-16(2,3)4/h11-14,17H,5-10H2,1-4H3,(H,18,19). The van der Waals surface area contributed by atoms with Gasteiger partial charge in [0.05, 0.1) is 0 Å². The predicted molar refractivity (Wildman–Crippen MR) is 80.7 cm³/mol. The van der Waals surface area contributed by atoms with Crippen molar-refractivity contribution in [2.45, 2.75) is 77.5 Å². The molecule has 0 aromatic heterocycles. The molecule has 0 radical (unpaired) electrons. The van der Waals surface area contributed by atoms with Crippen molar-refractivity contribution in [1.82, 2.24) is 10.6 Å². The summed E-state index contributed by atoms with van der Waals surface area (Å²) in [4.78, 5) is 11.6. The number of rotatable bonds is 4. The molecular weight excluding hydrogens is 252 g/mol. The van der Waals surface area contributed by atoms with Gasteiger partial charge in [-0.2, -0.15) is 0 Å². The van der Waals surface area contributed by atoms with Crippen LogP contribution in [0.4, 0.5) is 4.79 Å². The van der Waals surface area contributed by atoms with E-state index < -0.39 is 5.60 Å². The summed E-state index contributed by atoms with van der Waals surface area (Å²) in [7, 11) is 0. The van der Waals surface area contributed by atoms with E-state index in [0.29, 0.717) is 6.04 Å². The van der Waals surface area contributed by atoms with Crippen LogP contribution in [-0.4, -0.2) is 30.3 Å². The van der Waals surface area contributed by atoms with Crippen LogP contribution in [0.1, 0.15) is 59.8 Å². The number of nitrogens with one attached hydrogen (secondary N) is 2. The Labute approximate surface area is 123 Å². The second-order valence-electron chi connectivity index (χ2n) is 7.59. The van der Waals surface area contributed by atoms with E-state index in [1.807, 2.05) is 20.8 Å². The van der Waals surface area contributed by atoms with Crippen LogP contribution >= 0.6 is 0 Å². The highest BCUT2D eigenvalue weighted by Crippen LogP contribution is 2.31. The molecule has 0 aromatic rings. The Balaban J connectivity index is 1.57. The van der Waals surface area contributed by atoms with Crippen molar-refractivity contribution in [2.24, 2.45) is 11.8 Å². The van der Waals surface area contributed by atoms with Crippen molar-refractivity contribution in [3.05, 3.63) is 0 Å². The molecule has 4 heteroatoms. The molecule has 0 aliphatic heterocycles. The van der Waals surface area contributed by atoms with Crippen molar-refractivity contribution in [2.75, 3.05) is 6.54 Å². The van der Waals surface area contributed by atoms with E-state index in [-0.39, 0.29) is 12.1 Å². The maximum absolute atomic E-state index is 11.6. The molecule has 2 atom stereocenters. The highest BCUT2D eigenvalue weighted by molar-refractivity contribution is 5.68. The summed E-state index contributed by atoms with van der Waals surface area (Å²) in [6.45, 7) is 9.18. The van der Waals surface area contributed by atoms with Crippen LogP contribution < -0.4 is 10.6 Å². The third-order valence-corrected chi connectivity index (χ3v) is 4.57. The Bertz CT molecular complexity index is 332. The highest BCUT2D eigenvalue weighted by Gasteiger charge is 2.32. The summed E-state index contributed by atoms with van der Waals surface area (Å²) in [5, 5.41) is 6.59. The van der Waals surface area contributed by atoms with Crippen molar-refractivity contribution in [3.63, 3.8) is 0 Å². The second kappa shape index (κ2) is 6.33. The zero-order chi connectivity index (χ0) is 14.8. The van der Waals surface area contributed by atoms with Gasteiger partial charge in [-0.05, 0) is 58.4 Å². The number of hydrogen-bond donors (Lipinski definition) is 2. The summed E-state index contributed by atoms with van der Waals surface area (Å²) >= 11 is 0. The van der Waals surface area contributed by atoms with Crippen LogP contribution in [0.15, 0.2) is 0 Å². The highest BCUT2D eigenvalue weighted by atomic mass is 16.6. The molecule has 1 amide bonds. The van der Waals surface area contributed by atoms with Gasteiger partial charge < -0.3 is 15.4 Å². The normalized spacial score (nSPS) is 33.6. The Morgan fingerprint density at radius 2 is 1.90 bits per heavy atom. The molecule has 2 fully saturated rings. The lowest BCUT2D eigenvalue weighted by Gasteiger charge is -2.37. The average Bonchev–Trinajstić information content (AvgIpc) is 2.64. The first-order valence-electron chi connectivity index (χ1n) is 8.06. The van der Waals surface area contributed by atoms with Crippen LogP contribution in [0.5, 0.6) is 0 Å². The van der Waals surface area contributed by atoms with Crippen LogP contribution in [0.3, 0.4) is 0 Å². The SMILES string of the molecule is CC1CCCC1CNC1CC(NC(=O)OC(C)(C)C)C1. The van der Waals surface area contributed by atoms with Crippen LogP contribution in [0.25, 0.3) is 0 Å².